The van der Waals surface area contributed by atoms with Gasteiger partial charge in [0.05, 0.1) is 7.11 Å². The summed E-state index contributed by atoms with van der Waals surface area (Å²) in [6, 6.07) is 17.7. The van der Waals surface area contributed by atoms with Gasteiger partial charge in [-0.25, -0.2) is 0 Å². The Kier molecular flexibility index (Phi) is 5.24. The Morgan fingerprint density at radius 1 is 1.09 bits per heavy atom. The van der Waals surface area contributed by atoms with Crippen LogP contribution in [0.25, 0.3) is 11.0 Å². The molecule has 2 N–H and O–H groups in total. The van der Waals surface area contributed by atoms with Crippen LogP contribution in [0.1, 0.15) is 17.2 Å². The van der Waals surface area contributed by atoms with Crippen molar-refractivity contribution < 1.29 is 9.15 Å². The Morgan fingerprint density at radius 3 is 2.45 bits per heavy atom. The van der Waals surface area contributed by atoms with Crippen molar-refractivity contribution in [2.24, 2.45) is 5.73 Å². The van der Waals surface area contributed by atoms with Crippen LogP contribution in [0.3, 0.4) is 0 Å². The smallest absolute Gasteiger partial charge is 0.134 e. The number of furan rings is 1. The maximum atomic E-state index is 5.88. The lowest BCUT2D eigenvalue weighted by atomic mass is 9.97. The summed E-state index contributed by atoms with van der Waals surface area (Å²) >= 11 is 0. The summed E-state index contributed by atoms with van der Waals surface area (Å²) in [5.74, 6) is 4.21. The van der Waals surface area contributed by atoms with Crippen LogP contribution < -0.4 is 10.5 Å². The second-order valence-corrected chi connectivity index (χ2v) is 4.56. The van der Waals surface area contributed by atoms with Crippen LogP contribution in [0.15, 0.2) is 59.0 Å². The van der Waals surface area contributed by atoms with E-state index in [0.717, 1.165) is 28.0 Å². The zero-order valence-corrected chi connectivity index (χ0v) is 12.7. The molecule has 112 valence electrons. The quantitative estimate of drug-likeness (QED) is 0.748. The molecular weight excluding hydrogens is 274 g/mol. The average Bonchev–Trinajstić information content (AvgIpc) is 3.01. The second-order valence-electron chi connectivity index (χ2n) is 4.56. The zero-order chi connectivity index (χ0) is 15.9. The monoisotopic (exact) mass is 293 g/mol. The fourth-order valence-corrected chi connectivity index (χ4v) is 2.30. The van der Waals surface area contributed by atoms with Crippen LogP contribution in [0.4, 0.5) is 0 Å². The summed E-state index contributed by atoms with van der Waals surface area (Å²) < 4.78 is 11.1. The van der Waals surface area contributed by atoms with E-state index < -0.39 is 0 Å². The lowest BCUT2D eigenvalue weighted by molar-refractivity contribution is 0.415. The number of methoxy groups -OCH3 is 1. The third kappa shape index (κ3) is 3.13. The number of nitrogens with two attached hydrogens (primary N) is 1. The Balaban J connectivity index is 0.000000847. The van der Waals surface area contributed by atoms with E-state index in [0.29, 0.717) is 0 Å². The van der Waals surface area contributed by atoms with E-state index in [1.807, 2.05) is 54.6 Å². The third-order valence-corrected chi connectivity index (χ3v) is 3.33. The molecule has 0 aliphatic rings. The van der Waals surface area contributed by atoms with Crippen LogP contribution in [-0.4, -0.2) is 14.2 Å². The number of hydrogen-bond donors (Lipinski definition) is 1. The molecule has 1 aromatic heterocycles. The van der Waals surface area contributed by atoms with Crippen LogP contribution in [0.5, 0.6) is 5.75 Å². The predicted octanol–water partition coefficient (Wildman–Crippen LogP) is 3.78. The molecule has 0 spiro atoms. The number of rotatable bonds is 3. The first kappa shape index (κ1) is 15.7. The maximum absolute atomic E-state index is 5.88. The SMILES string of the molecule is C#CC(c1ccccc1)c1cc2cc(OC)ccc2o1.CN. The van der Waals surface area contributed by atoms with Gasteiger partial charge in [0.25, 0.3) is 0 Å². The lowest BCUT2D eigenvalue weighted by Gasteiger charge is -2.07. The maximum Gasteiger partial charge on any atom is 0.134 e. The van der Waals surface area contributed by atoms with Crippen molar-refractivity contribution in [1.29, 1.82) is 0 Å². The van der Waals surface area contributed by atoms with Crippen LogP contribution in [0.2, 0.25) is 0 Å². The summed E-state index contributed by atoms with van der Waals surface area (Å²) in [6.07, 6.45) is 5.68. The van der Waals surface area contributed by atoms with Crippen molar-refractivity contribution in [3.63, 3.8) is 0 Å². The van der Waals surface area contributed by atoms with Crippen molar-refractivity contribution in [3.8, 4) is 18.1 Å². The van der Waals surface area contributed by atoms with Gasteiger partial charge in [-0.2, -0.15) is 0 Å². The lowest BCUT2D eigenvalue weighted by Crippen LogP contribution is -1.95. The summed E-state index contributed by atoms with van der Waals surface area (Å²) in [4.78, 5) is 0. The molecule has 0 amide bonds. The highest BCUT2D eigenvalue weighted by Gasteiger charge is 2.16. The minimum atomic E-state index is -0.172. The molecule has 3 nitrogen and oxygen atoms in total. The van der Waals surface area contributed by atoms with Crippen LogP contribution in [0, 0.1) is 12.3 Å². The largest absolute Gasteiger partial charge is 0.497 e. The molecule has 2 aromatic carbocycles. The van der Waals surface area contributed by atoms with Gasteiger partial charge in [-0.3, -0.25) is 0 Å². The highest BCUT2D eigenvalue weighted by atomic mass is 16.5. The molecule has 0 aliphatic carbocycles. The average molecular weight is 293 g/mol. The highest BCUT2D eigenvalue weighted by molar-refractivity contribution is 5.80. The molecule has 0 aliphatic heterocycles. The summed E-state index contributed by atoms with van der Waals surface area (Å²) in [5, 5.41) is 0.996. The fraction of sp³-hybridized carbons (Fsp3) is 0.158. The molecule has 1 heterocycles. The topological polar surface area (TPSA) is 48.4 Å². The first-order valence-corrected chi connectivity index (χ1v) is 6.98. The highest BCUT2D eigenvalue weighted by Crippen LogP contribution is 2.31. The van der Waals surface area contributed by atoms with E-state index in [1.54, 1.807) is 7.11 Å². The number of fused-ring (bicyclic) bond motifs is 1. The zero-order valence-electron chi connectivity index (χ0n) is 12.7. The molecule has 3 rings (SSSR count). The van der Waals surface area contributed by atoms with Crippen molar-refractivity contribution >= 4 is 11.0 Å². The molecule has 0 bridgehead atoms. The number of benzene rings is 2. The van der Waals surface area contributed by atoms with Gasteiger partial charge in [0.15, 0.2) is 0 Å². The standard InChI is InChI=1S/C18H14O2.CH5N/c1-3-16(13-7-5-4-6-8-13)18-12-14-11-15(19-2)9-10-17(14)20-18;1-2/h1,4-12,16H,2H3;2H2,1H3. The molecule has 0 saturated heterocycles. The van der Waals surface area contributed by atoms with Gasteiger partial charge in [-0.1, -0.05) is 36.3 Å². The Bertz CT molecular complexity index is 769. The molecule has 1 atom stereocenters. The van der Waals surface area contributed by atoms with Gasteiger partial charge in [0, 0.05) is 5.39 Å². The normalized spacial score (nSPS) is 11.2. The summed E-state index contributed by atoms with van der Waals surface area (Å²) in [5.41, 5.74) is 6.37. The summed E-state index contributed by atoms with van der Waals surface area (Å²) in [7, 11) is 3.15. The number of terminal acetylenes is 1. The molecule has 0 radical (unpaired) electrons. The fourth-order valence-electron chi connectivity index (χ4n) is 2.30. The Hall–Kier alpha value is -2.70. The van der Waals surface area contributed by atoms with Crippen molar-refractivity contribution in [2.45, 2.75) is 5.92 Å². The van der Waals surface area contributed by atoms with Crippen LogP contribution in [-0.2, 0) is 0 Å². The molecule has 3 heteroatoms. The van der Waals surface area contributed by atoms with Crippen molar-refractivity contribution in [2.75, 3.05) is 14.2 Å². The van der Waals surface area contributed by atoms with Crippen LogP contribution >= 0.6 is 0 Å². The first-order chi connectivity index (χ1) is 10.8. The Labute approximate surface area is 130 Å². The van der Waals surface area contributed by atoms with Gasteiger partial charge in [0.2, 0.25) is 0 Å². The first-order valence-electron chi connectivity index (χ1n) is 6.98. The molecule has 1 unspecified atom stereocenters. The molecule has 0 saturated carbocycles. The van der Waals surface area contributed by atoms with E-state index in [1.165, 1.54) is 7.05 Å². The number of hydrogen-bond acceptors (Lipinski definition) is 3. The number of ether oxygens (including phenoxy) is 1. The minimum absolute atomic E-state index is 0.172. The third-order valence-electron chi connectivity index (χ3n) is 3.33. The van der Waals surface area contributed by atoms with Crippen molar-refractivity contribution in [3.05, 3.63) is 65.9 Å². The van der Waals surface area contributed by atoms with Gasteiger partial charge in [-0.05, 0) is 36.9 Å². The second kappa shape index (κ2) is 7.35. The van der Waals surface area contributed by atoms with E-state index >= 15 is 0 Å². The van der Waals surface area contributed by atoms with Gasteiger partial charge < -0.3 is 14.9 Å². The summed E-state index contributed by atoms with van der Waals surface area (Å²) in [6.45, 7) is 0. The predicted molar refractivity (Wildman–Crippen MR) is 90.0 cm³/mol. The molecule has 22 heavy (non-hydrogen) atoms. The Morgan fingerprint density at radius 2 is 1.82 bits per heavy atom. The van der Waals surface area contributed by atoms with E-state index in [2.05, 4.69) is 11.7 Å². The van der Waals surface area contributed by atoms with E-state index in [-0.39, 0.29) is 5.92 Å². The minimum Gasteiger partial charge on any atom is -0.497 e. The molecule has 0 fully saturated rings. The van der Waals surface area contributed by atoms with E-state index in [9.17, 15) is 0 Å². The van der Waals surface area contributed by atoms with E-state index in [4.69, 9.17) is 15.6 Å². The molecule has 3 aromatic rings. The van der Waals surface area contributed by atoms with Gasteiger partial charge >= 0.3 is 0 Å². The van der Waals surface area contributed by atoms with Gasteiger partial charge in [-0.15, -0.1) is 6.42 Å². The van der Waals surface area contributed by atoms with Crippen molar-refractivity contribution in [1.82, 2.24) is 0 Å². The van der Waals surface area contributed by atoms with Gasteiger partial charge in [0.1, 0.15) is 23.0 Å². The molecular formula is C19H19NO2.